The fraction of sp³-hybridized carbons (Fsp3) is 0.0513. The zero-order valence-electron chi connectivity index (χ0n) is 26.2. The molecule has 1 aliphatic heterocycles. The number of nitrogens with zero attached hydrogens (tertiary/aromatic N) is 2. The molecule has 11 heteroatoms. The molecule has 0 bridgehead atoms. The summed E-state index contributed by atoms with van der Waals surface area (Å²) in [6, 6.07) is 35.3. The normalized spacial score (nSPS) is 14.6. The topological polar surface area (TPSA) is 122 Å². The second-order valence-electron chi connectivity index (χ2n) is 11.3. The second-order valence-corrected chi connectivity index (χ2v) is 12.6. The molecule has 2 heterocycles. The summed E-state index contributed by atoms with van der Waals surface area (Å²) in [5.41, 5.74) is 3.18. The molecular weight excluding hydrogens is 656 g/mol. The summed E-state index contributed by atoms with van der Waals surface area (Å²) in [6.45, 7) is 0. The van der Waals surface area contributed by atoms with Crippen LogP contribution in [0.3, 0.4) is 0 Å². The van der Waals surface area contributed by atoms with Crippen LogP contribution in [0.5, 0.6) is 0 Å². The molecule has 6 aromatic rings. The van der Waals surface area contributed by atoms with Crippen LogP contribution >= 0.6 is 11.8 Å². The number of oxazole rings is 1. The van der Waals surface area contributed by atoms with E-state index in [0.29, 0.717) is 38.9 Å². The number of rotatable bonds is 9. The van der Waals surface area contributed by atoms with Crippen molar-refractivity contribution in [2.24, 2.45) is 0 Å². The van der Waals surface area contributed by atoms with Crippen LogP contribution in [-0.4, -0.2) is 33.9 Å². The highest BCUT2D eigenvalue weighted by Crippen LogP contribution is 2.36. The van der Waals surface area contributed by atoms with E-state index in [1.165, 1.54) is 40.9 Å². The van der Waals surface area contributed by atoms with Crippen LogP contribution in [0, 0.1) is 5.82 Å². The van der Waals surface area contributed by atoms with E-state index < -0.39 is 22.9 Å². The van der Waals surface area contributed by atoms with Crippen molar-refractivity contribution in [3.63, 3.8) is 0 Å². The first-order valence-corrected chi connectivity index (χ1v) is 16.4. The SMILES string of the molecule is O=C(Nc1cccc(SC2CC(=O)N(c3ccc(-c4nc5ccccc5o4)cc3)C2=O)c1)/C(=C\c1ccccc1F)NC(=O)c1ccccc1. The molecule has 7 rings (SSSR count). The first-order chi connectivity index (χ1) is 24.3. The van der Waals surface area contributed by atoms with Crippen molar-refractivity contribution in [1.82, 2.24) is 10.3 Å². The average molecular weight is 683 g/mol. The molecule has 1 atom stereocenters. The number of anilines is 2. The third kappa shape index (κ3) is 6.94. The molecule has 1 unspecified atom stereocenters. The molecular formula is C39H27FN4O5S. The van der Waals surface area contributed by atoms with Crippen molar-refractivity contribution in [3.05, 3.63) is 150 Å². The van der Waals surface area contributed by atoms with Gasteiger partial charge in [-0.2, -0.15) is 0 Å². The van der Waals surface area contributed by atoms with Gasteiger partial charge in [0.1, 0.15) is 17.0 Å². The summed E-state index contributed by atoms with van der Waals surface area (Å²) in [7, 11) is 0. The quantitative estimate of drug-likeness (QED) is 0.120. The lowest BCUT2D eigenvalue weighted by atomic mass is 10.1. The molecule has 0 aliphatic carbocycles. The predicted octanol–water partition coefficient (Wildman–Crippen LogP) is 7.47. The fourth-order valence-corrected chi connectivity index (χ4v) is 6.53. The van der Waals surface area contributed by atoms with Crippen LogP contribution < -0.4 is 15.5 Å². The number of halogens is 1. The number of hydrogen-bond acceptors (Lipinski definition) is 7. The lowest BCUT2D eigenvalue weighted by Crippen LogP contribution is -2.31. The zero-order chi connectivity index (χ0) is 34.6. The van der Waals surface area contributed by atoms with Gasteiger partial charge in [0.25, 0.3) is 11.8 Å². The van der Waals surface area contributed by atoms with E-state index in [0.717, 1.165) is 5.52 Å². The Balaban J connectivity index is 1.05. The van der Waals surface area contributed by atoms with Crippen molar-refractivity contribution in [2.45, 2.75) is 16.6 Å². The molecule has 5 aromatic carbocycles. The van der Waals surface area contributed by atoms with Gasteiger partial charge in [0, 0.05) is 33.7 Å². The standard InChI is InChI=1S/C39H27FN4O5S/c40-30-14-5-4-11-26(30)21-32(42-36(46)24-9-2-1-3-10-24)37(47)41-27-12-8-13-29(22-27)50-34-23-35(45)44(39(34)48)28-19-17-25(18-20-28)38-43-31-15-6-7-16-33(31)49-38/h1-22,34H,23H2,(H,41,47)(H,42,46)/b32-21+. The predicted molar refractivity (Wildman–Crippen MR) is 190 cm³/mol. The minimum Gasteiger partial charge on any atom is -0.436 e. The minimum absolute atomic E-state index is 0.00594. The van der Waals surface area contributed by atoms with Crippen LogP contribution in [-0.2, 0) is 14.4 Å². The highest BCUT2D eigenvalue weighted by Gasteiger charge is 2.40. The van der Waals surface area contributed by atoms with Gasteiger partial charge >= 0.3 is 0 Å². The molecule has 1 aromatic heterocycles. The summed E-state index contributed by atoms with van der Waals surface area (Å²) in [5.74, 6) is -2.03. The highest BCUT2D eigenvalue weighted by atomic mass is 32.2. The smallest absolute Gasteiger partial charge is 0.272 e. The molecule has 1 saturated heterocycles. The van der Waals surface area contributed by atoms with Crippen LogP contribution in [0.4, 0.5) is 15.8 Å². The van der Waals surface area contributed by atoms with Crippen molar-refractivity contribution in [3.8, 4) is 11.5 Å². The van der Waals surface area contributed by atoms with Gasteiger partial charge in [0.2, 0.25) is 17.7 Å². The number of carbonyl (C=O) groups is 4. The Morgan fingerprint density at radius 1 is 0.860 bits per heavy atom. The second kappa shape index (κ2) is 14.0. The van der Waals surface area contributed by atoms with Gasteiger partial charge < -0.3 is 15.1 Å². The highest BCUT2D eigenvalue weighted by molar-refractivity contribution is 8.00. The Bertz CT molecular complexity index is 2250. The van der Waals surface area contributed by atoms with Crippen LogP contribution in [0.25, 0.3) is 28.6 Å². The number of para-hydroxylation sites is 2. The summed E-state index contributed by atoms with van der Waals surface area (Å²) < 4.78 is 20.3. The molecule has 1 fully saturated rings. The Kier molecular flexibility index (Phi) is 9.04. The number of thioether (sulfide) groups is 1. The molecule has 0 saturated carbocycles. The number of aromatic nitrogens is 1. The fourth-order valence-electron chi connectivity index (χ4n) is 5.42. The van der Waals surface area contributed by atoms with Gasteiger partial charge in [-0.1, -0.05) is 54.6 Å². The Morgan fingerprint density at radius 2 is 1.60 bits per heavy atom. The lowest BCUT2D eigenvalue weighted by molar-refractivity contribution is -0.121. The largest absolute Gasteiger partial charge is 0.436 e. The van der Waals surface area contributed by atoms with Gasteiger partial charge in [-0.3, -0.25) is 19.2 Å². The van der Waals surface area contributed by atoms with Gasteiger partial charge in [-0.05, 0) is 78.9 Å². The first kappa shape index (κ1) is 32.2. The van der Waals surface area contributed by atoms with Crippen molar-refractivity contribution < 1.29 is 28.0 Å². The maximum Gasteiger partial charge on any atom is 0.272 e. The Labute approximate surface area is 289 Å². The number of nitrogens with one attached hydrogen (secondary N) is 2. The van der Waals surface area contributed by atoms with Gasteiger partial charge in [-0.25, -0.2) is 14.3 Å². The molecule has 1 aliphatic rings. The van der Waals surface area contributed by atoms with Crippen molar-refractivity contribution in [2.75, 3.05) is 10.2 Å². The van der Waals surface area contributed by atoms with Crippen LogP contribution in [0.15, 0.2) is 142 Å². The van der Waals surface area contributed by atoms with E-state index >= 15 is 0 Å². The summed E-state index contributed by atoms with van der Waals surface area (Å²) in [5, 5.41) is 4.66. The lowest BCUT2D eigenvalue weighted by Gasteiger charge is -2.15. The summed E-state index contributed by atoms with van der Waals surface area (Å²) >= 11 is 1.20. The van der Waals surface area contributed by atoms with Crippen molar-refractivity contribution in [1.29, 1.82) is 0 Å². The maximum atomic E-state index is 14.5. The number of imide groups is 1. The van der Waals surface area contributed by atoms with E-state index in [4.69, 9.17) is 4.42 Å². The molecule has 0 radical (unpaired) electrons. The van der Waals surface area contributed by atoms with Gasteiger partial charge in [0.15, 0.2) is 5.58 Å². The third-order valence-corrected chi connectivity index (χ3v) is 9.05. The summed E-state index contributed by atoms with van der Waals surface area (Å²) in [6.07, 6.45) is 1.26. The molecule has 4 amide bonds. The van der Waals surface area contributed by atoms with Crippen LogP contribution in [0.2, 0.25) is 0 Å². The molecule has 0 spiro atoms. The van der Waals surface area contributed by atoms with Crippen LogP contribution in [0.1, 0.15) is 22.3 Å². The van der Waals surface area contributed by atoms with E-state index in [1.54, 1.807) is 84.9 Å². The third-order valence-electron chi connectivity index (χ3n) is 7.88. The van der Waals surface area contributed by atoms with Gasteiger partial charge in [-0.15, -0.1) is 11.8 Å². The number of benzene rings is 5. The number of fused-ring (bicyclic) bond motifs is 1. The van der Waals surface area contributed by atoms with Gasteiger partial charge in [0.05, 0.1) is 10.9 Å². The molecule has 246 valence electrons. The molecule has 2 N–H and O–H groups in total. The monoisotopic (exact) mass is 682 g/mol. The van der Waals surface area contributed by atoms with E-state index in [1.807, 2.05) is 24.3 Å². The average Bonchev–Trinajstić information content (AvgIpc) is 3.69. The van der Waals surface area contributed by atoms with E-state index in [9.17, 15) is 23.6 Å². The molecule has 50 heavy (non-hydrogen) atoms. The summed E-state index contributed by atoms with van der Waals surface area (Å²) in [4.78, 5) is 59.2. The van der Waals surface area contributed by atoms with E-state index in [2.05, 4.69) is 15.6 Å². The number of carbonyl (C=O) groups excluding carboxylic acids is 4. The Morgan fingerprint density at radius 3 is 2.38 bits per heavy atom. The number of hydrogen-bond donors (Lipinski definition) is 2. The Hall–Kier alpha value is -6.33. The molecule has 9 nitrogen and oxygen atoms in total. The maximum absolute atomic E-state index is 14.5. The zero-order valence-corrected chi connectivity index (χ0v) is 27.0. The first-order valence-electron chi connectivity index (χ1n) is 15.6. The van der Waals surface area contributed by atoms with E-state index in [-0.39, 0.29) is 29.5 Å². The minimum atomic E-state index is -0.688. The van der Waals surface area contributed by atoms with Crippen molar-refractivity contribution >= 4 is 63.9 Å². The number of amides is 4.